The molecule has 23 heavy (non-hydrogen) atoms. The molecular formula is C20H21NO2. The van der Waals surface area contributed by atoms with Crippen LogP contribution in [-0.4, -0.2) is 30.3 Å². The Kier molecular flexibility index (Phi) is 3.88. The standard InChI is InChI=1S/C20H21NO2/c22-18(10-13-21-11-4-1-5-12-21)15-8-9-20-17(14-15)16-6-2-3-7-19(16)23-20/h2-3,6-9,14H,1,4-5,10-13H2. The van der Waals surface area contributed by atoms with Crippen molar-refractivity contribution in [2.45, 2.75) is 25.7 Å². The van der Waals surface area contributed by atoms with Crippen LogP contribution in [0.25, 0.3) is 21.9 Å². The Morgan fingerprint density at radius 3 is 2.61 bits per heavy atom. The number of benzene rings is 2. The summed E-state index contributed by atoms with van der Waals surface area (Å²) in [7, 11) is 0. The van der Waals surface area contributed by atoms with Gasteiger partial charge in [-0.2, -0.15) is 0 Å². The topological polar surface area (TPSA) is 33.5 Å². The second kappa shape index (κ2) is 6.17. The molecule has 0 aliphatic carbocycles. The van der Waals surface area contributed by atoms with E-state index in [-0.39, 0.29) is 5.78 Å². The molecule has 3 aromatic rings. The van der Waals surface area contributed by atoms with Crippen molar-refractivity contribution >= 4 is 27.7 Å². The first-order valence-corrected chi connectivity index (χ1v) is 8.48. The Balaban J connectivity index is 1.55. The zero-order valence-corrected chi connectivity index (χ0v) is 13.3. The first kappa shape index (κ1) is 14.5. The Hall–Kier alpha value is -2.13. The highest BCUT2D eigenvalue weighted by Crippen LogP contribution is 2.29. The number of para-hydroxylation sites is 1. The molecule has 2 aromatic carbocycles. The Morgan fingerprint density at radius 2 is 1.74 bits per heavy atom. The van der Waals surface area contributed by atoms with Gasteiger partial charge in [0.25, 0.3) is 0 Å². The second-order valence-electron chi connectivity index (χ2n) is 6.38. The molecule has 0 saturated carbocycles. The summed E-state index contributed by atoms with van der Waals surface area (Å²) in [4.78, 5) is 14.9. The van der Waals surface area contributed by atoms with Gasteiger partial charge in [-0.3, -0.25) is 4.79 Å². The van der Waals surface area contributed by atoms with Crippen LogP contribution in [-0.2, 0) is 0 Å². The number of rotatable bonds is 4. The van der Waals surface area contributed by atoms with Crippen LogP contribution in [0.5, 0.6) is 0 Å². The summed E-state index contributed by atoms with van der Waals surface area (Å²) in [6, 6.07) is 13.8. The van der Waals surface area contributed by atoms with Crippen LogP contribution in [0.2, 0.25) is 0 Å². The van der Waals surface area contributed by atoms with E-state index in [0.29, 0.717) is 6.42 Å². The molecule has 1 fully saturated rings. The molecule has 4 rings (SSSR count). The van der Waals surface area contributed by atoms with E-state index in [9.17, 15) is 4.79 Å². The van der Waals surface area contributed by atoms with Gasteiger partial charge in [-0.15, -0.1) is 0 Å². The molecule has 2 heterocycles. The van der Waals surface area contributed by atoms with E-state index in [1.807, 2.05) is 42.5 Å². The summed E-state index contributed by atoms with van der Waals surface area (Å²) >= 11 is 0. The Bertz CT molecular complexity index is 843. The SMILES string of the molecule is O=C(CCN1CCCCC1)c1ccc2oc3ccccc3c2c1. The summed E-state index contributed by atoms with van der Waals surface area (Å²) < 4.78 is 5.82. The molecule has 3 nitrogen and oxygen atoms in total. The van der Waals surface area contributed by atoms with Crippen LogP contribution in [0.15, 0.2) is 46.9 Å². The minimum Gasteiger partial charge on any atom is -0.456 e. The number of likely N-dealkylation sites (tertiary alicyclic amines) is 1. The summed E-state index contributed by atoms with van der Waals surface area (Å²) in [6.45, 7) is 3.15. The first-order chi connectivity index (χ1) is 11.3. The Morgan fingerprint density at radius 1 is 0.957 bits per heavy atom. The van der Waals surface area contributed by atoms with Crippen molar-refractivity contribution in [3.8, 4) is 0 Å². The van der Waals surface area contributed by atoms with Gasteiger partial charge in [-0.05, 0) is 50.2 Å². The number of Topliss-reactive ketones (excluding diaryl/α,β-unsaturated/α-hetero) is 1. The van der Waals surface area contributed by atoms with Crippen LogP contribution < -0.4 is 0 Å². The number of piperidine rings is 1. The predicted molar refractivity (Wildman–Crippen MR) is 93.0 cm³/mol. The fourth-order valence-electron chi connectivity index (χ4n) is 3.49. The minimum absolute atomic E-state index is 0.225. The molecule has 1 aliphatic heterocycles. The Labute approximate surface area is 135 Å². The molecule has 0 spiro atoms. The maximum atomic E-state index is 12.5. The van der Waals surface area contributed by atoms with Crippen molar-refractivity contribution in [2.75, 3.05) is 19.6 Å². The summed E-state index contributed by atoms with van der Waals surface area (Å²) in [5.41, 5.74) is 2.51. The van der Waals surface area contributed by atoms with E-state index < -0.39 is 0 Å². The molecule has 0 amide bonds. The number of nitrogens with zero attached hydrogens (tertiary/aromatic N) is 1. The number of ketones is 1. The van der Waals surface area contributed by atoms with Gasteiger partial charge in [0.05, 0.1) is 0 Å². The van der Waals surface area contributed by atoms with Crippen LogP contribution in [0, 0.1) is 0 Å². The van der Waals surface area contributed by atoms with Crippen molar-refractivity contribution in [3.05, 3.63) is 48.0 Å². The second-order valence-corrected chi connectivity index (χ2v) is 6.38. The molecule has 118 valence electrons. The van der Waals surface area contributed by atoms with Gasteiger partial charge in [0.2, 0.25) is 0 Å². The fourth-order valence-corrected chi connectivity index (χ4v) is 3.49. The summed E-state index contributed by atoms with van der Waals surface area (Å²) in [5, 5.41) is 2.11. The maximum absolute atomic E-state index is 12.5. The average molecular weight is 307 g/mol. The molecular weight excluding hydrogens is 286 g/mol. The number of furan rings is 1. The number of fused-ring (bicyclic) bond motifs is 3. The van der Waals surface area contributed by atoms with Crippen LogP contribution >= 0.6 is 0 Å². The van der Waals surface area contributed by atoms with E-state index in [0.717, 1.165) is 47.1 Å². The molecule has 0 radical (unpaired) electrons. The van der Waals surface area contributed by atoms with Gasteiger partial charge >= 0.3 is 0 Å². The van der Waals surface area contributed by atoms with Gasteiger partial charge in [-0.25, -0.2) is 0 Å². The molecule has 0 atom stereocenters. The fraction of sp³-hybridized carbons (Fsp3) is 0.350. The number of carbonyl (C=O) groups is 1. The first-order valence-electron chi connectivity index (χ1n) is 8.48. The monoisotopic (exact) mass is 307 g/mol. The third kappa shape index (κ3) is 2.89. The van der Waals surface area contributed by atoms with E-state index in [4.69, 9.17) is 4.42 Å². The van der Waals surface area contributed by atoms with Gasteiger partial charge in [0.15, 0.2) is 5.78 Å². The lowest BCUT2D eigenvalue weighted by molar-refractivity contribution is 0.0959. The molecule has 0 bridgehead atoms. The third-order valence-electron chi connectivity index (χ3n) is 4.80. The largest absolute Gasteiger partial charge is 0.456 e. The smallest absolute Gasteiger partial charge is 0.164 e. The molecule has 0 N–H and O–H groups in total. The highest BCUT2D eigenvalue weighted by molar-refractivity contribution is 6.08. The van der Waals surface area contributed by atoms with Crippen molar-refractivity contribution < 1.29 is 9.21 Å². The van der Waals surface area contributed by atoms with Crippen LogP contribution in [0.3, 0.4) is 0 Å². The zero-order valence-electron chi connectivity index (χ0n) is 13.3. The van der Waals surface area contributed by atoms with Crippen molar-refractivity contribution in [3.63, 3.8) is 0 Å². The summed E-state index contributed by atoms with van der Waals surface area (Å²) in [6.07, 6.45) is 4.46. The van der Waals surface area contributed by atoms with Crippen LogP contribution in [0.1, 0.15) is 36.0 Å². The minimum atomic E-state index is 0.225. The zero-order chi connectivity index (χ0) is 15.6. The van der Waals surface area contributed by atoms with Crippen molar-refractivity contribution in [2.24, 2.45) is 0 Å². The van der Waals surface area contributed by atoms with E-state index in [2.05, 4.69) is 4.90 Å². The number of hydrogen-bond acceptors (Lipinski definition) is 3. The van der Waals surface area contributed by atoms with Gasteiger partial charge in [0.1, 0.15) is 11.2 Å². The number of hydrogen-bond donors (Lipinski definition) is 0. The maximum Gasteiger partial charge on any atom is 0.164 e. The number of carbonyl (C=O) groups excluding carboxylic acids is 1. The molecule has 3 heteroatoms. The van der Waals surface area contributed by atoms with E-state index >= 15 is 0 Å². The lowest BCUT2D eigenvalue weighted by Gasteiger charge is -2.25. The molecule has 1 aliphatic rings. The third-order valence-corrected chi connectivity index (χ3v) is 4.80. The van der Waals surface area contributed by atoms with Crippen LogP contribution in [0.4, 0.5) is 0 Å². The van der Waals surface area contributed by atoms with Crippen molar-refractivity contribution in [1.29, 1.82) is 0 Å². The highest BCUT2D eigenvalue weighted by Gasteiger charge is 2.14. The van der Waals surface area contributed by atoms with E-state index in [1.54, 1.807) is 0 Å². The van der Waals surface area contributed by atoms with Gasteiger partial charge in [0, 0.05) is 29.3 Å². The summed E-state index contributed by atoms with van der Waals surface area (Å²) in [5.74, 6) is 0.225. The van der Waals surface area contributed by atoms with E-state index in [1.165, 1.54) is 19.3 Å². The molecule has 1 saturated heterocycles. The lowest BCUT2D eigenvalue weighted by Crippen LogP contribution is -2.31. The molecule has 1 aromatic heterocycles. The van der Waals surface area contributed by atoms with Crippen molar-refractivity contribution in [1.82, 2.24) is 4.90 Å². The quantitative estimate of drug-likeness (QED) is 0.658. The lowest BCUT2D eigenvalue weighted by atomic mass is 10.0. The van der Waals surface area contributed by atoms with Gasteiger partial charge in [-0.1, -0.05) is 24.6 Å². The molecule has 0 unspecified atom stereocenters. The normalized spacial score (nSPS) is 16.2. The van der Waals surface area contributed by atoms with Gasteiger partial charge < -0.3 is 9.32 Å². The highest BCUT2D eigenvalue weighted by atomic mass is 16.3. The predicted octanol–water partition coefficient (Wildman–Crippen LogP) is 4.64. The average Bonchev–Trinajstić information content (AvgIpc) is 2.98.